The average molecular weight is 224 g/mol. The molecule has 2 fully saturated rings. The zero-order valence-electron chi connectivity index (χ0n) is 11.2. The van der Waals surface area contributed by atoms with Gasteiger partial charge in [0.05, 0.1) is 0 Å². The second-order valence-corrected chi connectivity index (χ2v) is 5.89. The number of hydrogen-bond donors (Lipinski definition) is 1. The van der Waals surface area contributed by atoms with Gasteiger partial charge in [0, 0.05) is 24.7 Å². The van der Waals surface area contributed by atoms with Crippen LogP contribution in [0.4, 0.5) is 0 Å². The number of nitrogens with zero attached hydrogens (tertiary/aromatic N) is 1. The summed E-state index contributed by atoms with van der Waals surface area (Å²) < 4.78 is 0. The first-order chi connectivity index (χ1) is 7.72. The van der Waals surface area contributed by atoms with Crippen LogP contribution in [0.5, 0.6) is 0 Å². The Kier molecular flexibility index (Phi) is 4.26. The molecule has 0 heterocycles. The van der Waals surface area contributed by atoms with E-state index in [2.05, 4.69) is 31.1 Å². The van der Waals surface area contributed by atoms with Crippen molar-refractivity contribution in [3.05, 3.63) is 0 Å². The molecule has 2 nitrogen and oxygen atoms in total. The maximum Gasteiger partial charge on any atom is 0.0192 e. The Labute approximate surface area is 101 Å². The Balaban J connectivity index is 1.67. The Bertz CT molecular complexity index is 209. The molecule has 2 heteroatoms. The van der Waals surface area contributed by atoms with Crippen LogP contribution in [0.2, 0.25) is 0 Å². The highest BCUT2D eigenvalue weighted by Crippen LogP contribution is 2.34. The molecule has 0 aromatic rings. The van der Waals surface area contributed by atoms with Gasteiger partial charge in [0.15, 0.2) is 0 Å². The molecule has 0 radical (unpaired) electrons. The first-order valence-electron chi connectivity index (χ1n) is 7.17. The van der Waals surface area contributed by atoms with Gasteiger partial charge in [-0.15, -0.1) is 0 Å². The lowest BCUT2D eigenvalue weighted by Gasteiger charge is -2.27. The van der Waals surface area contributed by atoms with E-state index in [1.807, 2.05) is 0 Å². The Morgan fingerprint density at radius 1 is 1.25 bits per heavy atom. The van der Waals surface area contributed by atoms with Crippen molar-refractivity contribution in [3.63, 3.8) is 0 Å². The molecular weight excluding hydrogens is 196 g/mol. The first kappa shape index (κ1) is 12.4. The summed E-state index contributed by atoms with van der Waals surface area (Å²) in [4.78, 5) is 2.56. The van der Waals surface area contributed by atoms with Gasteiger partial charge in [-0.05, 0) is 52.0 Å². The molecule has 94 valence electrons. The molecule has 2 aliphatic rings. The average Bonchev–Trinajstić information content (AvgIpc) is 3.15. The fourth-order valence-corrected chi connectivity index (χ4v) is 2.62. The van der Waals surface area contributed by atoms with E-state index in [0.29, 0.717) is 6.04 Å². The summed E-state index contributed by atoms with van der Waals surface area (Å²) in [5.41, 5.74) is 0. The minimum atomic E-state index is 0.700. The predicted octanol–water partition coefficient (Wildman–Crippen LogP) is 2.64. The van der Waals surface area contributed by atoms with Crippen LogP contribution >= 0.6 is 0 Å². The van der Waals surface area contributed by atoms with Crippen LogP contribution in [0.25, 0.3) is 0 Å². The second kappa shape index (κ2) is 5.50. The molecule has 2 unspecified atom stereocenters. The normalized spacial score (nSPS) is 24.8. The fraction of sp³-hybridized carbons (Fsp3) is 1.00. The molecule has 0 spiro atoms. The first-order valence-corrected chi connectivity index (χ1v) is 7.17. The lowest BCUT2D eigenvalue weighted by molar-refractivity contribution is 0.231. The molecule has 0 aromatic heterocycles. The maximum atomic E-state index is 3.80. The summed E-state index contributed by atoms with van der Waals surface area (Å²) >= 11 is 0. The predicted molar refractivity (Wildman–Crippen MR) is 69.7 cm³/mol. The number of nitrogens with one attached hydrogen (secondary N) is 1. The number of likely N-dealkylation sites (N-methyl/N-ethyl adjacent to an activating group) is 1. The Morgan fingerprint density at radius 2 is 1.94 bits per heavy atom. The van der Waals surface area contributed by atoms with Gasteiger partial charge in [-0.3, -0.25) is 4.90 Å². The molecule has 2 rings (SSSR count). The molecule has 0 bridgehead atoms. The Morgan fingerprint density at radius 3 is 2.44 bits per heavy atom. The van der Waals surface area contributed by atoms with Gasteiger partial charge in [0.2, 0.25) is 0 Å². The smallest absolute Gasteiger partial charge is 0.0192 e. The van der Waals surface area contributed by atoms with Gasteiger partial charge in [-0.1, -0.05) is 13.3 Å². The molecule has 2 saturated carbocycles. The van der Waals surface area contributed by atoms with E-state index in [-0.39, 0.29) is 0 Å². The summed E-state index contributed by atoms with van der Waals surface area (Å²) in [6.07, 6.45) is 8.45. The van der Waals surface area contributed by atoms with Gasteiger partial charge >= 0.3 is 0 Å². The summed E-state index contributed by atoms with van der Waals surface area (Å²) in [5, 5.41) is 3.80. The number of hydrogen-bond acceptors (Lipinski definition) is 2. The largest absolute Gasteiger partial charge is 0.312 e. The molecular formula is C14H28N2. The third kappa shape index (κ3) is 3.46. The van der Waals surface area contributed by atoms with Gasteiger partial charge < -0.3 is 5.32 Å². The molecule has 1 N–H and O–H groups in total. The van der Waals surface area contributed by atoms with Crippen molar-refractivity contribution in [2.24, 2.45) is 5.92 Å². The standard InChI is InChI=1S/C14H28N2/c1-4-5-14(12-6-7-12)15-10-11(2)16(3)13-8-9-13/h11-15H,4-10H2,1-3H3. The van der Waals surface area contributed by atoms with Crippen molar-refractivity contribution in [1.82, 2.24) is 10.2 Å². The minimum Gasteiger partial charge on any atom is -0.312 e. The van der Waals surface area contributed by atoms with E-state index < -0.39 is 0 Å². The van der Waals surface area contributed by atoms with E-state index in [1.165, 1.54) is 45.1 Å². The van der Waals surface area contributed by atoms with Crippen molar-refractivity contribution in [2.75, 3.05) is 13.6 Å². The SMILES string of the molecule is CCCC(NCC(C)N(C)C1CC1)C1CC1. The lowest BCUT2D eigenvalue weighted by atomic mass is 10.1. The van der Waals surface area contributed by atoms with E-state index in [0.717, 1.165) is 18.0 Å². The zero-order valence-corrected chi connectivity index (χ0v) is 11.2. The van der Waals surface area contributed by atoms with Crippen LogP contribution in [-0.2, 0) is 0 Å². The van der Waals surface area contributed by atoms with Crippen molar-refractivity contribution < 1.29 is 0 Å². The monoisotopic (exact) mass is 224 g/mol. The third-order valence-corrected chi connectivity index (χ3v) is 4.28. The topological polar surface area (TPSA) is 15.3 Å². The van der Waals surface area contributed by atoms with Gasteiger partial charge in [0.25, 0.3) is 0 Å². The van der Waals surface area contributed by atoms with E-state index in [9.17, 15) is 0 Å². The molecule has 0 saturated heterocycles. The van der Waals surface area contributed by atoms with E-state index >= 15 is 0 Å². The van der Waals surface area contributed by atoms with E-state index in [1.54, 1.807) is 0 Å². The molecule has 0 aliphatic heterocycles. The Hall–Kier alpha value is -0.0800. The van der Waals surface area contributed by atoms with Crippen LogP contribution < -0.4 is 5.32 Å². The maximum absolute atomic E-state index is 3.80. The molecule has 0 amide bonds. The van der Waals surface area contributed by atoms with Crippen molar-refractivity contribution >= 4 is 0 Å². The van der Waals surface area contributed by atoms with Crippen molar-refractivity contribution in [3.8, 4) is 0 Å². The molecule has 16 heavy (non-hydrogen) atoms. The summed E-state index contributed by atoms with van der Waals surface area (Å²) in [6.45, 7) is 5.84. The summed E-state index contributed by atoms with van der Waals surface area (Å²) in [6, 6.07) is 2.40. The summed E-state index contributed by atoms with van der Waals surface area (Å²) in [5.74, 6) is 0.999. The van der Waals surface area contributed by atoms with Crippen LogP contribution in [0, 0.1) is 5.92 Å². The quantitative estimate of drug-likeness (QED) is 0.682. The van der Waals surface area contributed by atoms with Crippen LogP contribution in [0.1, 0.15) is 52.4 Å². The van der Waals surface area contributed by atoms with Crippen molar-refractivity contribution in [1.29, 1.82) is 0 Å². The summed E-state index contributed by atoms with van der Waals surface area (Å²) in [7, 11) is 2.29. The fourth-order valence-electron chi connectivity index (χ4n) is 2.62. The van der Waals surface area contributed by atoms with Gasteiger partial charge in [0.1, 0.15) is 0 Å². The highest BCUT2D eigenvalue weighted by atomic mass is 15.2. The molecule has 2 aliphatic carbocycles. The van der Waals surface area contributed by atoms with Crippen LogP contribution in [0.15, 0.2) is 0 Å². The van der Waals surface area contributed by atoms with E-state index in [4.69, 9.17) is 0 Å². The molecule has 2 atom stereocenters. The highest BCUT2D eigenvalue weighted by molar-refractivity contribution is 4.89. The van der Waals surface area contributed by atoms with Gasteiger partial charge in [-0.25, -0.2) is 0 Å². The minimum absolute atomic E-state index is 0.700. The van der Waals surface area contributed by atoms with Gasteiger partial charge in [-0.2, -0.15) is 0 Å². The zero-order chi connectivity index (χ0) is 11.5. The highest BCUT2D eigenvalue weighted by Gasteiger charge is 2.32. The third-order valence-electron chi connectivity index (χ3n) is 4.28. The molecule has 0 aromatic carbocycles. The lowest BCUT2D eigenvalue weighted by Crippen LogP contribution is -2.43. The second-order valence-electron chi connectivity index (χ2n) is 5.89. The number of rotatable bonds is 8. The van der Waals surface area contributed by atoms with Crippen LogP contribution in [0.3, 0.4) is 0 Å². The van der Waals surface area contributed by atoms with Crippen LogP contribution in [-0.4, -0.2) is 36.6 Å². The van der Waals surface area contributed by atoms with Crippen molar-refractivity contribution in [2.45, 2.75) is 70.5 Å².